The van der Waals surface area contributed by atoms with Crippen molar-refractivity contribution in [2.45, 2.75) is 50.2 Å². The maximum atomic E-state index is 13.3. The van der Waals surface area contributed by atoms with Gasteiger partial charge in [-0.15, -0.1) is 0 Å². The second kappa shape index (κ2) is 6.67. The Morgan fingerprint density at radius 1 is 1.33 bits per heavy atom. The number of rotatable bonds is 3. The number of aliphatic hydroxyl groups is 1. The Hall–Kier alpha value is -1.69. The molecule has 24 heavy (non-hydrogen) atoms. The number of methoxy groups -OCH3 is 1. The van der Waals surface area contributed by atoms with E-state index in [0.29, 0.717) is 12.2 Å². The molecule has 1 aliphatic carbocycles. The lowest BCUT2D eigenvalue weighted by atomic mass is 9.85. The molecule has 1 aromatic carbocycles. The second-order valence-corrected chi connectivity index (χ2v) is 6.80. The van der Waals surface area contributed by atoms with Gasteiger partial charge in [0, 0.05) is 25.3 Å². The first-order valence-corrected chi connectivity index (χ1v) is 8.40. The van der Waals surface area contributed by atoms with Crippen LogP contribution >= 0.6 is 0 Å². The van der Waals surface area contributed by atoms with E-state index < -0.39 is 12.0 Å². The minimum Gasteiger partial charge on any atom is -0.497 e. The quantitative estimate of drug-likeness (QED) is 0.920. The summed E-state index contributed by atoms with van der Waals surface area (Å²) in [5, 5.41) is 10.0. The van der Waals surface area contributed by atoms with Gasteiger partial charge in [0.1, 0.15) is 5.75 Å². The van der Waals surface area contributed by atoms with Crippen molar-refractivity contribution in [3.8, 4) is 5.75 Å². The minimum atomic E-state index is -2.65. The van der Waals surface area contributed by atoms with Crippen LogP contribution in [-0.2, 0) is 4.79 Å². The molecule has 0 spiro atoms. The number of nitrogens with zero attached hydrogens (tertiary/aromatic N) is 1. The van der Waals surface area contributed by atoms with E-state index in [1.54, 1.807) is 12.0 Å². The number of β-amino-alcohol motifs (C(OH)–C–C–N with tert-alkyl or cyclic N) is 1. The molecule has 6 heteroatoms. The van der Waals surface area contributed by atoms with Crippen LogP contribution in [0.3, 0.4) is 0 Å². The molecule has 0 radical (unpaired) electrons. The molecule has 1 heterocycles. The molecule has 1 N–H and O–H groups in total. The van der Waals surface area contributed by atoms with Gasteiger partial charge in [-0.2, -0.15) is 0 Å². The maximum Gasteiger partial charge on any atom is 0.248 e. The standard InChI is InChI=1S/C18H23F2NO3/c1-24-15-4-2-3-13(9-15)16-10-14(22)11-21(16)17(23)12-5-7-18(19,20)8-6-12/h2-4,9,12,14,16,22H,5-8,10-11H2,1H3/t14-,16+/m0/s1. The van der Waals surface area contributed by atoms with Crippen LogP contribution < -0.4 is 4.74 Å². The molecule has 2 atom stereocenters. The van der Waals surface area contributed by atoms with Crippen LogP contribution in [0.15, 0.2) is 24.3 Å². The van der Waals surface area contributed by atoms with Gasteiger partial charge in [-0.25, -0.2) is 8.78 Å². The highest BCUT2D eigenvalue weighted by molar-refractivity contribution is 5.80. The number of hydrogen-bond acceptors (Lipinski definition) is 3. The van der Waals surface area contributed by atoms with Crippen LogP contribution in [0.25, 0.3) is 0 Å². The van der Waals surface area contributed by atoms with Gasteiger partial charge in [0.15, 0.2) is 0 Å². The summed E-state index contributed by atoms with van der Waals surface area (Å²) in [7, 11) is 1.58. The lowest BCUT2D eigenvalue weighted by molar-refractivity contribution is -0.141. The number of likely N-dealkylation sites (tertiary alicyclic amines) is 1. The number of halogens is 2. The molecule has 0 unspecified atom stereocenters. The number of carbonyl (C=O) groups excluding carboxylic acids is 1. The summed E-state index contributed by atoms with van der Waals surface area (Å²) in [4.78, 5) is 14.5. The van der Waals surface area contributed by atoms with E-state index in [-0.39, 0.29) is 50.1 Å². The average molecular weight is 339 g/mol. The summed E-state index contributed by atoms with van der Waals surface area (Å²) >= 11 is 0. The smallest absolute Gasteiger partial charge is 0.248 e. The van der Waals surface area contributed by atoms with E-state index in [1.807, 2.05) is 24.3 Å². The third-order valence-electron chi connectivity index (χ3n) is 5.11. The lowest BCUT2D eigenvalue weighted by Gasteiger charge is -2.33. The highest BCUT2D eigenvalue weighted by atomic mass is 19.3. The van der Waals surface area contributed by atoms with Crippen LogP contribution in [0.4, 0.5) is 8.78 Å². The summed E-state index contributed by atoms with van der Waals surface area (Å²) in [5.74, 6) is -2.44. The zero-order chi connectivity index (χ0) is 17.3. The summed E-state index contributed by atoms with van der Waals surface area (Å²) in [5.41, 5.74) is 0.903. The molecule has 2 fully saturated rings. The third-order valence-corrected chi connectivity index (χ3v) is 5.11. The topological polar surface area (TPSA) is 49.8 Å². The fourth-order valence-corrected chi connectivity index (χ4v) is 3.74. The van der Waals surface area contributed by atoms with Crippen molar-refractivity contribution in [1.29, 1.82) is 0 Å². The van der Waals surface area contributed by atoms with Crippen molar-refractivity contribution in [1.82, 2.24) is 4.90 Å². The molecule has 2 aliphatic rings. The van der Waals surface area contributed by atoms with Crippen LogP contribution in [0.5, 0.6) is 5.75 Å². The van der Waals surface area contributed by atoms with Gasteiger partial charge in [-0.1, -0.05) is 12.1 Å². The zero-order valence-corrected chi connectivity index (χ0v) is 13.8. The highest BCUT2D eigenvalue weighted by Gasteiger charge is 2.42. The molecule has 4 nitrogen and oxygen atoms in total. The number of amides is 1. The lowest BCUT2D eigenvalue weighted by Crippen LogP contribution is -2.39. The summed E-state index contributed by atoms with van der Waals surface area (Å²) in [6.07, 6.45) is -0.170. The number of benzene rings is 1. The van der Waals surface area contributed by atoms with E-state index in [2.05, 4.69) is 0 Å². The molecule has 0 bridgehead atoms. The van der Waals surface area contributed by atoms with Gasteiger partial charge < -0.3 is 14.7 Å². The monoisotopic (exact) mass is 339 g/mol. The fraction of sp³-hybridized carbons (Fsp3) is 0.611. The molecule has 1 aromatic rings. The van der Waals surface area contributed by atoms with Crippen molar-refractivity contribution in [3.63, 3.8) is 0 Å². The summed E-state index contributed by atoms with van der Waals surface area (Å²) in [6.45, 7) is 0.258. The minimum absolute atomic E-state index is 0.116. The largest absolute Gasteiger partial charge is 0.497 e. The van der Waals surface area contributed by atoms with E-state index in [0.717, 1.165) is 5.56 Å². The third kappa shape index (κ3) is 3.53. The number of alkyl halides is 2. The van der Waals surface area contributed by atoms with E-state index in [9.17, 15) is 18.7 Å². The van der Waals surface area contributed by atoms with Crippen LogP contribution in [0.2, 0.25) is 0 Å². The van der Waals surface area contributed by atoms with Gasteiger partial charge in [0.2, 0.25) is 11.8 Å². The Kier molecular flexibility index (Phi) is 4.76. The molecule has 1 saturated carbocycles. The van der Waals surface area contributed by atoms with E-state index >= 15 is 0 Å². The first kappa shape index (κ1) is 17.1. The molecule has 1 aliphatic heterocycles. The number of ether oxygens (including phenoxy) is 1. The first-order valence-electron chi connectivity index (χ1n) is 8.40. The molecular formula is C18H23F2NO3. The van der Waals surface area contributed by atoms with Crippen LogP contribution in [0.1, 0.15) is 43.7 Å². The number of hydrogen-bond donors (Lipinski definition) is 1. The van der Waals surface area contributed by atoms with Gasteiger partial charge in [0.25, 0.3) is 0 Å². The van der Waals surface area contributed by atoms with Crippen LogP contribution in [0, 0.1) is 5.92 Å². The van der Waals surface area contributed by atoms with E-state index in [1.165, 1.54) is 0 Å². The molecular weight excluding hydrogens is 316 g/mol. The Labute approximate surface area is 140 Å². The Balaban J connectivity index is 1.76. The Bertz CT molecular complexity index is 598. The highest BCUT2D eigenvalue weighted by Crippen LogP contribution is 2.40. The number of aliphatic hydroxyl groups excluding tert-OH is 1. The van der Waals surface area contributed by atoms with Crippen molar-refractivity contribution < 1.29 is 23.4 Å². The average Bonchev–Trinajstić information content (AvgIpc) is 2.96. The van der Waals surface area contributed by atoms with Gasteiger partial charge in [-0.3, -0.25) is 4.79 Å². The van der Waals surface area contributed by atoms with Gasteiger partial charge in [0.05, 0.1) is 19.3 Å². The molecule has 3 rings (SSSR count). The predicted molar refractivity (Wildman–Crippen MR) is 85.0 cm³/mol. The first-order chi connectivity index (χ1) is 11.4. The maximum absolute atomic E-state index is 13.3. The predicted octanol–water partition coefficient (Wildman–Crippen LogP) is 3.16. The van der Waals surface area contributed by atoms with E-state index in [4.69, 9.17) is 4.74 Å². The normalized spacial score (nSPS) is 27.2. The fourth-order valence-electron chi connectivity index (χ4n) is 3.74. The summed E-state index contributed by atoms with van der Waals surface area (Å²) < 4.78 is 31.9. The second-order valence-electron chi connectivity index (χ2n) is 6.80. The van der Waals surface area contributed by atoms with Crippen molar-refractivity contribution in [2.24, 2.45) is 5.92 Å². The van der Waals surface area contributed by atoms with Crippen molar-refractivity contribution in [2.75, 3.05) is 13.7 Å². The van der Waals surface area contributed by atoms with Gasteiger partial charge in [-0.05, 0) is 37.0 Å². The van der Waals surface area contributed by atoms with Crippen molar-refractivity contribution >= 4 is 5.91 Å². The Morgan fingerprint density at radius 2 is 2.04 bits per heavy atom. The molecule has 1 amide bonds. The molecule has 0 aromatic heterocycles. The summed E-state index contributed by atoms with van der Waals surface area (Å²) in [6, 6.07) is 7.20. The molecule has 1 saturated heterocycles. The SMILES string of the molecule is COc1cccc([C@H]2C[C@H](O)CN2C(=O)C2CCC(F)(F)CC2)c1. The van der Waals surface area contributed by atoms with Gasteiger partial charge >= 0.3 is 0 Å². The number of carbonyl (C=O) groups is 1. The zero-order valence-electron chi connectivity index (χ0n) is 13.8. The molecule has 132 valence electrons. The Morgan fingerprint density at radius 3 is 2.71 bits per heavy atom. The van der Waals surface area contributed by atoms with Crippen molar-refractivity contribution in [3.05, 3.63) is 29.8 Å². The van der Waals surface area contributed by atoms with Crippen LogP contribution in [-0.4, -0.2) is 41.6 Å².